The van der Waals surface area contributed by atoms with Gasteiger partial charge >= 0.3 is 12.1 Å². The summed E-state index contributed by atoms with van der Waals surface area (Å²) in [5, 5.41) is 2.75. The molecule has 0 spiro atoms. The first-order chi connectivity index (χ1) is 12.6. The summed E-state index contributed by atoms with van der Waals surface area (Å²) in [5.74, 6) is -1.51. The minimum atomic E-state index is -4.47. The fourth-order valence-corrected chi connectivity index (χ4v) is 3.30. The van der Waals surface area contributed by atoms with Crippen LogP contribution < -0.4 is 5.32 Å². The van der Waals surface area contributed by atoms with Crippen molar-refractivity contribution in [2.45, 2.75) is 26.1 Å². The molecule has 1 aliphatic rings. The van der Waals surface area contributed by atoms with Gasteiger partial charge in [0.2, 0.25) is 11.8 Å². The van der Waals surface area contributed by atoms with Crippen molar-refractivity contribution in [1.82, 2.24) is 4.90 Å². The van der Waals surface area contributed by atoms with Gasteiger partial charge in [-0.25, -0.2) is 4.79 Å². The van der Waals surface area contributed by atoms with E-state index in [1.807, 2.05) is 0 Å². The number of amides is 2. The maximum atomic E-state index is 12.6. The lowest BCUT2D eigenvalue weighted by atomic mass is 10.2. The highest BCUT2D eigenvalue weighted by molar-refractivity contribution is 8.04. The Morgan fingerprint density at radius 3 is 2.52 bits per heavy atom. The van der Waals surface area contributed by atoms with Gasteiger partial charge in [-0.3, -0.25) is 14.5 Å². The molecule has 10 heteroatoms. The standard InChI is InChI=1S/C17H17F3N2O4S/c1-3-26-15(24)8-14-22(13(23)9-27-14)10(2)16(25)21-12-6-4-11(5-7-12)17(18,19)20/h4-8,10H,3,9H2,1-2H3,(H,21,25)/b14-8-/t10-/m0/s1. The Bertz CT molecular complexity index is 762. The number of anilines is 1. The van der Waals surface area contributed by atoms with E-state index in [0.717, 1.165) is 42.1 Å². The molecule has 1 aromatic rings. The summed E-state index contributed by atoms with van der Waals surface area (Å²) in [6.45, 7) is 3.27. The van der Waals surface area contributed by atoms with Crippen LogP contribution >= 0.6 is 11.8 Å². The Kier molecular flexibility index (Phi) is 6.53. The molecule has 0 bridgehead atoms. The highest BCUT2D eigenvalue weighted by Gasteiger charge is 2.35. The number of thioether (sulfide) groups is 1. The predicted molar refractivity (Wildman–Crippen MR) is 93.6 cm³/mol. The van der Waals surface area contributed by atoms with E-state index >= 15 is 0 Å². The summed E-state index contributed by atoms with van der Waals surface area (Å²) in [5.41, 5.74) is -0.672. The van der Waals surface area contributed by atoms with Crippen molar-refractivity contribution in [1.29, 1.82) is 0 Å². The number of halogens is 3. The maximum Gasteiger partial charge on any atom is 0.416 e. The number of esters is 1. The summed E-state index contributed by atoms with van der Waals surface area (Å²) in [7, 11) is 0. The zero-order chi connectivity index (χ0) is 20.2. The molecule has 1 atom stereocenters. The highest BCUT2D eigenvalue weighted by atomic mass is 32.2. The van der Waals surface area contributed by atoms with Crippen molar-refractivity contribution >= 4 is 35.2 Å². The summed E-state index contributed by atoms with van der Waals surface area (Å²) in [6.07, 6.45) is -3.33. The maximum absolute atomic E-state index is 12.6. The van der Waals surface area contributed by atoms with E-state index < -0.39 is 29.7 Å². The Morgan fingerprint density at radius 1 is 1.33 bits per heavy atom. The molecular formula is C17H17F3N2O4S. The van der Waals surface area contributed by atoms with Gasteiger partial charge in [0, 0.05) is 5.69 Å². The van der Waals surface area contributed by atoms with E-state index in [4.69, 9.17) is 4.74 Å². The molecule has 6 nitrogen and oxygen atoms in total. The van der Waals surface area contributed by atoms with E-state index in [9.17, 15) is 27.6 Å². The van der Waals surface area contributed by atoms with Crippen molar-refractivity contribution in [3.63, 3.8) is 0 Å². The third kappa shape index (κ3) is 5.25. The molecule has 0 unspecified atom stereocenters. The third-order valence-corrected chi connectivity index (χ3v) is 4.63. The topological polar surface area (TPSA) is 75.7 Å². The number of nitrogens with zero attached hydrogens (tertiary/aromatic N) is 1. The van der Waals surface area contributed by atoms with E-state index in [1.165, 1.54) is 11.8 Å². The first-order valence-electron chi connectivity index (χ1n) is 7.95. The number of ether oxygens (including phenoxy) is 1. The number of rotatable bonds is 5. The van der Waals surface area contributed by atoms with Crippen LogP contribution in [0.4, 0.5) is 18.9 Å². The van der Waals surface area contributed by atoms with Crippen molar-refractivity contribution in [2.24, 2.45) is 0 Å². The average molecular weight is 402 g/mol. The van der Waals surface area contributed by atoms with Crippen LogP contribution in [-0.2, 0) is 25.3 Å². The molecule has 1 aromatic carbocycles. The van der Waals surface area contributed by atoms with Gasteiger partial charge in [-0.15, -0.1) is 0 Å². The summed E-state index contributed by atoms with van der Waals surface area (Å²) >= 11 is 1.10. The van der Waals surface area contributed by atoms with Crippen LogP contribution in [0.15, 0.2) is 35.4 Å². The normalized spacial score (nSPS) is 17.1. The van der Waals surface area contributed by atoms with Crippen LogP contribution in [0, 0.1) is 0 Å². The van der Waals surface area contributed by atoms with Gasteiger partial charge in [-0.05, 0) is 38.1 Å². The lowest BCUT2D eigenvalue weighted by Gasteiger charge is -2.24. The van der Waals surface area contributed by atoms with Crippen LogP contribution in [0.25, 0.3) is 0 Å². The molecule has 146 valence electrons. The number of benzene rings is 1. The van der Waals surface area contributed by atoms with Gasteiger partial charge in [0.1, 0.15) is 6.04 Å². The Labute approximate surface area is 157 Å². The van der Waals surface area contributed by atoms with Crippen LogP contribution in [0.2, 0.25) is 0 Å². The van der Waals surface area contributed by atoms with Crippen molar-refractivity contribution in [3.05, 3.63) is 40.9 Å². The number of carbonyl (C=O) groups excluding carboxylic acids is 3. The quantitative estimate of drug-likeness (QED) is 0.605. The van der Waals surface area contributed by atoms with Crippen LogP contribution in [-0.4, -0.2) is 41.1 Å². The lowest BCUT2D eigenvalue weighted by Crippen LogP contribution is -2.42. The zero-order valence-corrected chi connectivity index (χ0v) is 15.3. The average Bonchev–Trinajstić information content (AvgIpc) is 2.94. The molecule has 1 aliphatic heterocycles. The van der Waals surface area contributed by atoms with Crippen molar-refractivity contribution < 1.29 is 32.3 Å². The number of hydrogen-bond donors (Lipinski definition) is 1. The summed E-state index contributed by atoms with van der Waals surface area (Å²) in [4.78, 5) is 37.3. The Morgan fingerprint density at radius 2 is 1.96 bits per heavy atom. The minimum absolute atomic E-state index is 0.0726. The molecule has 1 fully saturated rings. The number of carbonyl (C=O) groups is 3. The molecule has 0 radical (unpaired) electrons. The monoisotopic (exact) mass is 402 g/mol. The van der Waals surface area contributed by atoms with E-state index in [1.54, 1.807) is 6.92 Å². The summed E-state index contributed by atoms with van der Waals surface area (Å²) in [6, 6.07) is 2.99. The largest absolute Gasteiger partial charge is 0.463 e. The van der Waals surface area contributed by atoms with Gasteiger partial charge in [0.15, 0.2) is 0 Å². The van der Waals surface area contributed by atoms with Gasteiger partial charge in [-0.2, -0.15) is 13.2 Å². The van der Waals surface area contributed by atoms with Crippen molar-refractivity contribution in [3.8, 4) is 0 Å². The zero-order valence-electron chi connectivity index (χ0n) is 14.5. The molecule has 0 aromatic heterocycles. The van der Waals surface area contributed by atoms with Gasteiger partial charge < -0.3 is 10.1 Å². The molecule has 27 heavy (non-hydrogen) atoms. The second-order valence-electron chi connectivity index (χ2n) is 5.53. The number of alkyl halides is 3. The fraction of sp³-hybridized carbons (Fsp3) is 0.353. The smallest absolute Gasteiger partial charge is 0.416 e. The van der Waals surface area contributed by atoms with Gasteiger partial charge in [0.25, 0.3) is 0 Å². The first-order valence-corrected chi connectivity index (χ1v) is 8.93. The Balaban J connectivity index is 2.11. The second-order valence-corrected chi connectivity index (χ2v) is 6.52. The second kappa shape index (κ2) is 8.47. The van der Waals surface area contributed by atoms with Crippen LogP contribution in [0.1, 0.15) is 19.4 Å². The van der Waals surface area contributed by atoms with E-state index in [2.05, 4.69) is 5.32 Å². The third-order valence-electron chi connectivity index (χ3n) is 3.62. The highest BCUT2D eigenvalue weighted by Crippen LogP contribution is 2.32. The van der Waals surface area contributed by atoms with Gasteiger partial charge in [-0.1, -0.05) is 11.8 Å². The Hall–Kier alpha value is -2.49. The molecule has 1 N–H and O–H groups in total. The van der Waals surface area contributed by atoms with Crippen LogP contribution in [0.3, 0.4) is 0 Å². The molecule has 2 rings (SSSR count). The molecule has 2 amide bonds. The molecule has 0 saturated carbocycles. The minimum Gasteiger partial charge on any atom is -0.463 e. The number of nitrogens with one attached hydrogen (secondary N) is 1. The number of hydrogen-bond acceptors (Lipinski definition) is 5. The first kappa shape index (κ1) is 20.8. The van der Waals surface area contributed by atoms with Gasteiger partial charge in [0.05, 0.1) is 29.0 Å². The van der Waals surface area contributed by atoms with Crippen molar-refractivity contribution in [2.75, 3.05) is 17.7 Å². The summed E-state index contributed by atoms with van der Waals surface area (Å²) < 4.78 is 42.5. The molecular weight excluding hydrogens is 385 g/mol. The molecule has 1 heterocycles. The predicted octanol–water partition coefficient (Wildman–Crippen LogP) is 3.01. The lowest BCUT2D eigenvalue weighted by molar-refractivity contribution is -0.138. The van der Waals surface area contributed by atoms with Crippen LogP contribution in [0.5, 0.6) is 0 Å². The molecule has 0 aliphatic carbocycles. The fourth-order valence-electron chi connectivity index (χ4n) is 2.31. The molecule has 1 saturated heterocycles. The van der Waals surface area contributed by atoms with E-state index in [0.29, 0.717) is 0 Å². The SMILES string of the molecule is CCOC(=O)/C=C1\SCC(=O)N1[C@@H](C)C(=O)Nc1ccc(C(F)(F)F)cc1. The van der Waals surface area contributed by atoms with E-state index in [-0.39, 0.29) is 29.0 Å².